The van der Waals surface area contributed by atoms with Gasteiger partial charge in [0, 0.05) is 19.7 Å². The molecule has 0 saturated carbocycles. The first-order chi connectivity index (χ1) is 13.3. The Bertz CT molecular complexity index is 715. The molecule has 1 aliphatic heterocycles. The van der Waals surface area contributed by atoms with E-state index in [4.69, 9.17) is 9.15 Å². The van der Waals surface area contributed by atoms with Gasteiger partial charge in [-0.2, -0.15) is 0 Å². The van der Waals surface area contributed by atoms with Gasteiger partial charge in [-0.3, -0.25) is 9.89 Å². The van der Waals surface area contributed by atoms with Crippen molar-refractivity contribution in [3.8, 4) is 5.75 Å². The lowest BCUT2D eigenvalue weighted by molar-refractivity contribution is 0.215. The van der Waals surface area contributed by atoms with Gasteiger partial charge in [0.05, 0.1) is 18.8 Å². The molecule has 1 aromatic carbocycles. The van der Waals surface area contributed by atoms with Crippen molar-refractivity contribution in [3.05, 3.63) is 54.2 Å². The number of hydrogen-bond donors (Lipinski definition) is 2. The third kappa shape index (κ3) is 5.72. The van der Waals surface area contributed by atoms with Crippen LogP contribution in [0.25, 0.3) is 0 Å². The molecule has 3 rings (SSSR count). The van der Waals surface area contributed by atoms with Crippen LogP contribution in [0.5, 0.6) is 5.75 Å². The van der Waals surface area contributed by atoms with E-state index in [1.54, 1.807) is 25.4 Å². The molecule has 1 aromatic heterocycles. The van der Waals surface area contributed by atoms with E-state index in [-0.39, 0.29) is 11.9 Å². The second kappa shape index (κ2) is 9.97. The molecule has 2 N–H and O–H groups in total. The number of rotatable bonds is 8. The van der Waals surface area contributed by atoms with Crippen molar-refractivity contribution in [2.45, 2.75) is 18.9 Å². The lowest BCUT2D eigenvalue weighted by atomic mass is 10.2. The third-order valence-corrected chi connectivity index (χ3v) is 4.60. The van der Waals surface area contributed by atoms with Crippen LogP contribution in [0.3, 0.4) is 0 Å². The fourth-order valence-corrected chi connectivity index (χ4v) is 3.25. The summed E-state index contributed by atoms with van der Waals surface area (Å²) in [5.41, 5.74) is 0. The molecule has 2 aromatic rings. The molecule has 1 atom stereocenters. The summed E-state index contributed by atoms with van der Waals surface area (Å²) in [6, 6.07) is 10.3. The summed E-state index contributed by atoms with van der Waals surface area (Å²) in [4.78, 5) is 6.69. The van der Waals surface area contributed by atoms with Crippen molar-refractivity contribution in [3.63, 3.8) is 0 Å². The number of hydrogen-bond acceptors (Lipinski definition) is 4. The summed E-state index contributed by atoms with van der Waals surface area (Å²) in [7, 11) is 1.74. The van der Waals surface area contributed by atoms with Crippen LogP contribution in [0.4, 0.5) is 4.39 Å². The van der Waals surface area contributed by atoms with Crippen molar-refractivity contribution in [2.75, 3.05) is 39.8 Å². The standard InChI is InChI=1S/C20H27FN4O2/c1-22-20(23-9-13-26-17-7-4-6-16(21)14-17)24-15-18(19-8-5-12-27-19)25-10-2-3-11-25/h4-8,12,14,18H,2-3,9-11,13,15H2,1H3,(H2,22,23,24). The van der Waals surface area contributed by atoms with Crippen LogP contribution in [-0.4, -0.2) is 50.7 Å². The largest absolute Gasteiger partial charge is 0.492 e. The van der Waals surface area contributed by atoms with Crippen LogP contribution in [0.15, 0.2) is 52.1 Å². The maximum atomic E-state index is 13.1. The molecule has 27 heavy (non-hydrogen) atoms. The Kier molecular flexibility index (Phi) is 7.10. The maximum Gasteiger partial charge on any atom is 0.191 e. The Hall–Kier alpha value is -2.54. The zero-order valence-electron chi connectivity index (χ0n) is 15.7. The van der Waals surface area contributed by atoms with Crippen molar-refractivity contribution in [2.24, 2.45) is 4.99 Å². The molecule has 1 saturated heterocycles. The molecule has 0 spiro atoms. The minimum Gasteiger partial charge on any atom is -0.492 e. The van der Waals surface area contributed by atoms with E-state index in [1.807, 2.05) is 12.1 Å². The van der Waals surface area contributed by atoms with Gasteiger partial charge in [-0.25, -0.2) is 4.39 Å². The summed E-state index contributed by atoms with van der Waals surface area (Å²) >= 11 is 0. The number of guanidine groups is 1. The minimum absolute atomic E-state index is 0.185. The Morgan fingerprint density at radius 2 is 2.11 bits per heavy atom. The Morgan fingerprint density at radius 1 is 1.26 bits per heavy atom. The number of ether oxygens (including phenoxy) is 1. The van der Waals surface area contributed by atoms with Crippen LogP contribution in [-0.2, 0) is 0 Å². The molecular weight excluding hydrogens is 347 g/mol. The maximum absolute atomic E-state index is 13.1. The SMILES string of the molecule is CN=C(NCCOc1cccc(F)c1)NCC(c1ccco1)N1CCCC1. The van der Waals surface area contributed by atoms with Gasteiger partial charge in [-0.05, 0) is 50.2 Å². The summed E-state index contributed by atoms with van der Waals surface area (Å²) < 4.78 is 24.3. The van der Waals surface area contributed by atoms with E-state index in [0.29, 0.717) is 31.4 Å². The molecular formula is C20H27FN4O2. The van der Waals surface area contributed by atoms with Gasteiger partial charge in [0.25, 0.3) is 0 Å². The van der Waals surface area contributed by atoms with E-state index < -0.39 is 0 Å². The molecule has 146 valence electrons. The number of aliphatic imine (C=N–C) groups is 1. The van der Waals surface area contributed by atoms with Gasteiger partial charge < -0.3 is 19.8 Å². The van der Waals surface area contributed by atoms with Crippen molar-refractivity contribution >= 4 is 5.96 Å². The van der Waals surface area contributed by atoms with E-state index in [2.05, 4.69) is 20.5 Å². The summed E-state index contributed by atoms with van der Waals surface area (Å²) in [6.45, 7) is 3.85. The number of nitrogens with zero attached hydrogens (tertiary/aromatic N) is 2. The summed E-state index contributed by atoms with van der Waals surface area (Å²) in [6.07, 6.45) is 4.17. The average molecular weight is 374 g/mol. The topological polar surface area (TPSA) is 62.0 Å². The average Bonchev–Trinajstić information content (AvgIpc) is 3.38. The molecule has 0 radical (unpaired) electrons. The van der Waals surface area contributed by atoms with E-state index >= 15 is 0 Å². The van der Waals surface area contributed by atoms with E-state index in [9.17, 15) is 4.39 Å². The zero-order valence-corrected chi connectivity index (χ0v) is 15.7. The summed E-state index contributed by atoms with van der Waals surface area (Å²) in [5.74, 6) is 1.89. The first kappa shape index (κ1) is 19.2. The minimum atomic E-state index is -0.302. The molecule has 1 unspecified atom stereocenters. The Morgan fingerprint density at radius 3 is 2.81 bits per heavy atom. The molecule has 1 aliphatic rings. The highest BCUT2D eigenvalue weighted by Gasteiger charge is 2.25. The number of halogens is 1. The Balaban J connectivity index is 1.44. The number of nitrogens with one attached hydrogen (secondary N) is 2. The number of furan rings is 1. The van der Waals surface area contributed by atoms with Crippen LogP contribution < -0.4 is 15.4 Å². The molecule has 2 heterocycles. The Labute approximate surface area is 159 Å². The first-order valence-corrected chi connectivity index (χ1v) is 9.36. The number of likely N-dealkylation sites (tertiary alicyclic amines) is 1. The van der Waals surface area contributed by atoms with Gasteiger partial charge in [-0.15, -0.1) is 0 Å². The molecule has 0 aliphatic carbocycles. The quantitative estimate of drug-likeness (QED) is 0.423. The van der Waals surface area contributed by atoms with Gasteiger partial charge >= 0.3 is 0 Å². The smallest absolute Gasteiger partial charge is 0.191 e. The fourth-order valence-electron chi connectivity index (χ4n) is 3.25. The predicted molar refractivity (Wildman–Crippen MR) is 104 cm³/mol. The highest BCUT2D eigenvalue weighted by Crippen LogP contribution is 2.24. The second-order valence-electron chi connectivity index (χ2n) is 6.46. The highest BCUT2D eigenvalue weighted by atomic mass is 19.1. The zero-order chi connectivity index (χ0) is 18.9. The van der Waals surface area contributed by atoms with Crippen LogP contribution in [0.1, 0.15) is 24.6 Å². The van der Waals surface area contributed by atoms with Crippen LogP contribution in [0, 0.1) is 5.82 Å². The third-order valence-electron chi connectivity index (χ3n) is 4.60. The molecule has 0 amide bonds. The molecule has 7 heteroatoms. The van der Waals surface area contributed by atoms with Crippen LogP contribution in [0.2, 0.25) is 0 Å². The molecule has 6 nitrogen and oxygen atoms in total. The van der Waals surface area contributed by atoms with E-state index in [1.165, 1.54) is 25.0 Å². The van der Waals surface area contributed by atoms with Crippen molar-refractivity contribution < 1.29 is 13.5 Å². The molecule has 0 bridgehead atoms. The normalized spacial score (nSPS) is 16.3. The van der Waals surface area contributed by atoms with Crippen LogP contribution >= 0.6 is 0 Å². The first-order valence-electron chi connectivity index (χ1n) is 9.36. The van der Waals surface area contributed by atoms with Gasteiger partial charge in [0.1, 0.15) is 23.9 Å². The summed E-state index contributed by atoms with van der Waals surface area (Å²) in [5, 5.41) is 6.58. The van der Waals surface area contributed by atoms with Crippen molar-refractivity contribution in [1.29, 1.82) is 0 Å². The lowest BCUT2D eigenvalue weighted by Crippen LogP contribution is -2.43. The predicted octanol–water partition coefficient (Wildman–Crippen LogP) is 2.80. The second-order valence-corrected chi connectivity index (χ2v) is 6.46. The van der Waals surface area contributed by atoms with Gasteiger partial charge in [0.15, 0.2) is 5.96 Å². The fraction of sp³-hybridized carbons (Fsp3) is 0.450. The van der Waals surface area contributed by atoms with E-state index in [0.717, 1.165) is 18.8 Å². The van der Waals surface area contributed by atoms with Gasteiger partial charge in [0.2, 0.25) is 0 Å². The monoisotopic (exact) mass is 374 g/mol. The highest BCUT2D eigenvalue weighted by molar-refractivity contribution is 5.79. The number of benzene rings is 1. The van der Waals surface area contributed by atoms with Gasteiger partial charge in [-0.1, -0.05) is 6.07 Å². The lowest BCUT2D eigenvalue weighted by Gasteiger charge is -2.26. The molecule has 1 fully saturated rings. The van der Waals surface area contributed by atoms with Crippen molar-refractivity contribution in [1.82, 2.24) is 15.5 Å².